The normalized spacial score (nSPS) is 25.2. The van der Waals surface area contributed by atoms with Gasteiger partial charge in [0, 0.05) is 11.0 Å². The predicted octanol–water partition coefficient (Wildman–Crippen LogP) is 3.50. The zero-order valence-electron chi connectivity index (χ0n) is 12.8. The summed E-state index contributed by atoms with van der Waals surface area (Å²) in [5.41, 5.74) is -0.163. The number of nitrogens with one attached hydrogen (secondary N) is 1. The minimum absolute atomic E-state index is 0.570. The summed E-state index contributed by atoms with van der Waals surface area (Å²) in [5.74, 6) is 0.537. The van der Waals surface area contributed by atoms with Crippen LogP contribution < -0.4 is 5.32 Å². The second-order valence-corrected chi connectivity index (χ2v) is 7.32. The van der Waals surface area contributed by atoms with Gasteiger partial charge in [-0.25, -0.2) is 4.79 Å². The van der Waals surface area contributed by atoms with E-state index in [9.17, 15) is 9.90 Å². The summed E-state index contributed by atoms with van der Waals surface area (Å²) in [5, 5.41) is 13.4. The standard InChI is InChI=1S/C17H25NO2S/c1-13-7-6-10-15(11-13)21-12-17(18-2,16(19)20)14-8-4-3-5-9-14/h3-5,8-9,13,15,18H,6-7,10-12H2,1-2H3,(H,19,20). The fraction of sp³-hybridized carbons (Fsp3) is 0.588. The molecule has 3 nitrogen and oxygen atoms in total. The van der Waals surface area contributed by atoms with Gasteiger partial charge in [0.25, 0.3) is 0 Å². The van der Waals surface area contributed by atoms with Crippen LogP contribution >= 0.6 is 11.8 Å². The lowest BCUT2D eigenvalue weighted by molar-refractivity contribution is -0.144. The Hall–Kier alpha value is -1.00. The minimum Gasteiger partial charge on any atom is -0.480 e. The summed E-state index contributed by atoms with van der Waals surface area (Å²) in [4.78, 5) is 11.9. The lowest BCUT2D eigenvalue weighted by atomic mass is 9.90. The number of carbonyl (C=O) groups is 1. The number of hydrogen-bond donors (Lipinski definition) is 2. The molecule has 0 saturated heterocycles. The van der Waals surface area contributed by atoms with E-state index < -0.39 is 11.5 Å². The number of rotatable bonds is 6. The third-order valence-electron chi connectivity index (χ3n) is 4.48. The van der Waals surface area contributed by atoms with Gasteiger partial charge >= 0.3 is 5.97 Å². The summed E-state index contributed by atoms with van der Waals surface area (Å²) < 4.78 is 0. The fourth-order valence-corrected chi connectivity index (χ4v) is 4.81. The molecule has 0 aromatic heterocycles. The number of likely N-dealkylation sites (N-methyl/N-ethyl adjacent to an activating group) is 1. The van der Waals surface area contributed by atoms with E-state index in [0.717, 1.165) is 11.5 Å². The molecule has 2 N–H and O–H groups in total. The van der Waals surface area contributed by atoms with Gasteiger partial charge in [-0.3, -0.25) is 0 Å². The van der Waals surface area contributed by atoms with Crippen molar-refractivity contribution in [1.82, 2.24) is 5.32 Å². The average molecular weight is 307 g/mol. The van der Waals surface area contributed by atoms with Crippen LogP contribution in [0.5, 0.6) is 0 Å². The zero-order valence-corrected chi connectivity index (χ0v) is 13.7. The number of carboxylic acids is 1. The molecule has 0 spiro atoms. The summed E-state index contributed by atoms with van der Waals surface area (Å²) in [6.45, 7) is 2.30. The van der Waals surface area contributed by atoms with Gasteiger partial charge < -0.3 is 10.4 Å². The molecule has 0 amide bonds. The third kappa shape index (κ3) is 3.80. The number of carboxylic acid groups (broad SMARTS) is 1. The average Bonchev–Trinajstić information content (AvgIpc) is 2.49. The second-order valence-electron chi connectivity index (χ2n) is 6.03. The Kier molecular flexibility index (Phi) is 5.71. The van der Waals surface area contributed by atoms with Gasteiger partial charge in [0.15, 0.2) is 5.54 Å². The molecule has 1 fully saturated rings. The van der Waals surface area contributed by atoms with Crippen LogP contribution in [0.25, 0.3) is 0 Å². The molecule has 4 heteroatoms. The van der Waals surface area contributed by atoms with Crippen molar-refractivity contribution >= 4 is 17.7 Å². The number of hydrogen-bond acceptors (Lipinski definition) is 3. The van der Waals surface area contributed by atoms with Gasteiger partial charge in [0.1, 0.15) is 0 Å². The first-order valence-corrected chi connectivity index (χ1v) is 8.73. The van der Waals surface area contributed by atoms with E-state index in [-0.39, 0.29) is 0 Å². The molecule has 0 heterocycles. The third-order valence-corrected chi connectivity index (χ3v) is 5.98. The van der Waals surface area contributed by atoms with Crippen molar-refractivity contribution in [3.63, 3.8) is 0 Å². The molecule has 0 aliphatic heterocycles. The molecule has 0 radical (unpaired) electrons. The molecule has 21 heavy (non-hydrogen) atoms. The van der Waals surface area contributed by atoms with Crippen molar-refractivity contribution < 1.29 is 9.90 Å². The van der Waals surface area contributed by atoms with Crippen LogP contribution in [0.4, 0.5) is 0 Å². The fourth-order valence-electron chi connectivity index (χ4n) is 3.09. The highest BCUT2D eigenvalue weighted by Crippen LogP contribution is 2.35. The molecule has 1 saturated carbocycles. The maximum atomic E-state index is 11.9. The van der Waals surface area contributed by atoms with Crippen LogP contribution in [0.3, 0.4) is 0 Å². The van der Waals surface area contributed by atoms with Crippen molar-refractivity contribution in [2.24, 2.45) is 5.92 Å². The van der Waals surface area contributed by atoms with Gasteiger partial charge in [-0.05, 0) is 31.4 Å². The van der Waals surface area contributed by atoms with Crippen molar-refractivity contribution in [3.8, 4) is 0 Å². The van der Waals surface area contributed by atoms with Gasteiger partial charge in [0.05, 0.1) is 0 Å². The first-order valence-electron chi connectivity index (χ1n) is 7.68. The second kappa shape index (κ2) is 7.32. The largest absolute Gasteiger partial charge is 0.480 e. The van der Waals surface area contributed by atoms with Crippen molar-refractivity contribution in [3.05, 3.63) is 35.9 Å². The molecular formula is C17H25NO2S. The first-order chi connectivity index (χ1) is 10.1. The maximum absolute atomic E-state index is 11.9. The molecule has 1 aliphatic rings. The van der Waals surface area contributed by atoms with E-state index in [0.29, 0.717) is 11.0 Å². The van der Waals surface area contributed by atoms with Crippen molar-refractivity contribution in [2.75, 3.05) is 12.8 Å². The monoisotopic (exact) mass is 307 g/mol. The molecule has 3 unspecified atom stereocenters. The number of thioether (sulfide) groups is 1. The van der Waals surface area contributed by atoms with Crippen LogP contribution in [-0.2, 0) is 10.3 Å². The molecule has 3 atom stereocenters. The summed E-state index contributed by atoms with van der Waals surface area (Å²) in [6, 6.07) is 9.51. The SMILES string of the molecule is CNC(CSC1CCCC(C)C1)(C(=O)O)c1ccccc1. The molecule has 2 rings (SSSR count). The smallest absolute Gasteiger partial charge is 0.329 e. The zero-order chi connectivity index (χ0) is 15.3. The number of benzene rings is 1. The van der Waals surface area contributed by atoms with Gasteiger partial charge in [0.2, 0.25) is 0 Å². The summed E-state index contributed by atoms with van der Waals surface area (Å²) in [6.07, 6.45) is 5.00. The van der Waals surface area contributed by atoms with E-state index in [2.05, 4.69) is 12.2 Å². The highest BCUT2D eigenvalue weighted by Gasteiger charge is 2.39. The molecule has 0 bridgehead atoms. The van der Waals surface area contributed by atoms with Gasteiger partial charge in [-0.15, -0.1) is 0 Å². The van der Waals surface area contributed by atoms with Crippen LogP contribution in [0.1, 0.15) is 38.2 Å². The Morgan fingerprint density at radius 1 is 1.38 bits per heavy atom. The molecule has 1 aromatic rings. The Bertz CT molecular complexity index is 465. The Morgan fingerprint density at radius 2 is 2.10 bits per heavy atom. The van der Waals surface area contributed by atoms with Crippen LogP contribution in [0.2, 0.25) is 0 Å². The van der Waals surface area contributed by atoms with E-state index in [1.807, 2.05) is 42.1 Å². The maximum Gasteiger partial charge on any atom is 0.329 e. The highest BCUT2D eigenvalue weighted by molar-refractivity contribution is 8.00. The predicted molar refractivity (Wildman–Crippen MR) is 88.7 cm³/mol. The van der Waals surface area contributed by atoms with Crippen LogP contribution in [0.15, 0.2) is 30.3 Å². The Balaban J connectivity index is 2.12. The topological polar surface area (TPSA) is 49.3 Å². The van der Waals surface area contributed by atoms with Crippen molar-refractivity contribution in [1.29, 1.82) is 0 Å². The van der Waals surface area contributed by atoms with Gasteiger partial charge in [-0.2, -0.15) is 11.8 Å². The van der Waals surface area contributed by atoms with Crippen molar-refractivity contribution in [2.45, 2.75) is 43.4 Å². The van der Waals surface area contributed by atoms with Crippen LogP contribution in [-0.4, -0.2) is 29.1 Å². The van der Waals surface area contributed by atoms with E-state index in [1.54, 1.807) is 7.05 Å². The lowest BCUT2D eigenvalue weighted by Gasteiger charge is -2.33. The molecule has 1 aliphatic carbocycles. The summed E-state index contributed by atoms with van der Waals surface area (Å²) in [7, 11) is 1.74. The first kappa shape index (κ1) is 16.4. The minimum atomic E-state index is -0.993. The molecule has 116 valence electrons. The van der Waals surface area contributed by atoms with E-state index >= 15 is 0 Å². The van der Waals surface area contributed by atoms with Crippen LogP contribution in [0, 0.1) is 5.92 Å². The lowest BCUT2D eigenvalue weighted by Crippen LogP contribution is -2.50. The van der Waals surface area contributed by atoms with E-state index in [1.165, 1.54) is 25.7 Å². The number of aliphatic carboxylic acids is 1. The quantitative estimate of drug-likeness (QED) is 0.844. The van der Waals surface area contributed by atoms with Gasteiger partial charge in [-0.1, -0.05) is 50.1 Å². The Labute approximate surface area is 131 Å². The Morgan fingerprint density at radius 3 is 2.67 bits per heavy atom. The van der Waals surface area contributed by atoms with E-state index in [4.69, 9.17) is 0 Å². The summed E-state index contributed by atoms with van der Waals surface area (Å²) >= 11 is 1.81. The highest BCUT2D eigenvalue weighted by atomic mass is 32.2. The molecular weight excluding hydrogens is 282 g/mol. The molecule has 1 aromatic carbocycles.